The topological polar surface area (TPSA) is 42.7 Å². The molecule has 4 heteroatoms. The first kappa shape index (κ1) is 14.3. The minimum absolute atomic E-state index is 0.0987. The molecule has 0 atom stereocenters. The van der Waals surface area contributed by atoms with Gasteiger partial charge in [0, 0.05) is 35.7 Å². The standard InChI is InChI=1S/C17H24N4/c1-17(2,3)20-11-13-10-18-9-8-15(13)21-12-19-14-6-4-5-7-16(14)21/h8-10,12,20H,4-7,11H2,1-3H3. The molecule has 112 valence electrons. The Kier molecular flexibility index (Phi) is 3.81. The molecule has 21 heavy (non-hydrogen) atoms. The fraction of sp³-hybridized carbons (Fsp3) is 0.529. The Morgan fingerprint density at radius 3 is 2.86 bits per heavy atom. The Balaban J connectivity index is 1.93. The number of rotatable bonds is 3. The van der Waals surface area contributed by atoms with Crippen LogP contribution in [0.3, 0.4) is 0 Å². The first-order valence-corrected chi connectivity index (χ1v) is 7.78. The summed E-state index contributed by atoms with van der Waals surface area (Å²) in [6, 6.07) is 2.09. The van der Waals surface area contributed by atoms with Crippen LogP contribution in [0.4, 0.5) is 0 Å². The van der Waals surface area contributed by atoms with Crippen molar-refractivity contribution in [2.24, 2.45) is 0 Å². The summed E-state index contributed by atoms with van der Waals surface area (Å²) in [7, 11) is 0. The van der Waals surface area contributed by atoms with Gasteiger partial charge in [-0.05, 0) is 52.5 Å². The van der Waals surface area contributed by atoms with Gasteiger partial charge < -0.3 is 9.88 Å². The second-order valence-corrected chi connectivity index (χ2v) is 6.82. The summed E-state index contributed by atoms with van der Waals surface area (Å²) < 4.78 is 2.26. The number of nitrogens with one attached hydrogen (secondary N) is 1. The number of fused-ring (bicyclic) bond motifs is 1. The average molecular weight is 284 g/mol. The molecule has 1 aliphatic rings. The molecule has 0 radical (unpaired) electrons. The van der Waals surface area contributed by atoms with Crippen LogP contribution in [0, 0.1) is 0 Å². The summed E-state index contributed by atoms with van der Waals surface area (Å²) in [5.41, 5.74) is 5.18. The molecule has 0 amide bonds. The van der Waals surface area contributed by atoms with Gasteiger partial charge in [-0.25, -0.2) is 4.98 Å². The van der Waals surface area contributed by atoms with Crippen LogP contribution in [0.15, 0.2) is 24.8 Å². The van der Waals surface area contributed by atoms with Gasteiger partial charge in [0.25, 0.3) is 0 Å². The highest BCUT2D eigenvalue weighted by atomic mass is 15.1. The maximum Gasteiger partial charge on any atom is 0.0997 e. The van der Waals surface area contributed by atoms with Crippen LogP contribution in [0.2, 0.25) is 0 Å². The van der Waals surface area contributed by atoms with Gasteiger partial charge in [-0.3, -0.25) is 4.98 Å². The third kappa shape index (κ3) is 3.16. The Labute approximate surface area is 126 Å². The highest BCUT2D eigenvalue weighted by Gasteiger charge is 2.18. The number of hydrogen-bond acceptors (Lipinski definition) is 3. The lowest BCUT2D eigenvalue weighted by Crippen LogP contribution is -2.35. The van der Waals surface area contributed by atoms with Crippen molar-refractivity contribution in [3.8, 4) is 5.69 Å². The van der Waals surface area contributed by atoms with Gasteiger partial charge in [0.1, 0.15) is 0 Å². The number of aryl methyl sites for hydroxylation is 1. The smallest absolute Gasteiger partial charge is 0.0997 e. The third-order valence-corrected chi connectivity index (χ3v) is 3.98. The molecule has 4 nitrogen and oxygen atoms in total. The molecule has 0 fully saturated rings. The molecule has 0 aromatic carbocycles. The van der Waals surface area contributed by atoms with Crippen LogP contribution in [-0.4, -0.2) is 20.1 Å². The Morgan fingerprint density at radius 1 is 1.24 bits per heavy atom. The molecular formula is C17H24N4. The van der Waals surface area contributed by atoms with Gasteiger partial charge >= 0.3 is 0 Å². The predicted molar refractivity (Wildman–Crippen MR) is 84.6 cm³/mol. The largest absolute Gasteiger partial charge is 0.308 e. The molecule has 0 bridgehead atoms. The summed E-state index contributed by atoms with van der Waals surface area (Å²) in [6.45, 7) is 7.37. The van der Waals surface area contributed by atoms with Gasteiger partial charge in [0.2, 0.25) is 0 Å². The molecule has 1 aliphatic carbocycles. The van der Waals surface area contributed by atoms with E-state index in [0.717, 1.165) is 19.4 Å². The molecule has 2 aromatic heterocycles. The highest BCUT2D eigenvalue weighted by molar-refractivity contribution is 5.42. The fourth-order valence-corrected chi connectivity index (χ4v) is 2.83. The van der Waals surface area contributed by atoms with E-state index in [1.165, 1.54) is 35.5 Å². The fourth-order valence-electron chi connectivity index (χ4n) is 2.83. The maximum atomic E-state index is 4.61. The van der Waals surface area contributed by atoms with E-state index in [2.05, 4.69) is 46.7 Å². The zero-order valence-electron chi connectivity index (χ0n) is 13.2. The molecule has 2 heterocycles. The average Bonchev–Trinajstić information content (AvgIpc) is 2.88. The molecule has 3 rings (SSSR count). The predicted octanol–water partition coefficient (Wildman–Crippen LogP) is 3.03. The second kappa shape index (κ2) is 5.60. The van der Waals surface area contributed by atoms with Crippen LogP contribution >= 0.6 is 0 Å². The first-order valence-electron chi connectivity index (χ1n) is 7.78. The summed E-state index contributed by atoms with van der Waals surface area (Å²) in [4.78, 5) is 8.90. The van der Waals surface area contributed by atoms with Gasteiger partial charge in [0.05, 0.1) is 17.7 Å². The van der Waals surface area contributed by atoms with E-state index >= 15 is 0 Å². The molecule has 0 spiro atoms. The first-order chi connectivity index (χ1) is 10.0. The van der Waals surface area contributed by atoms with Crippen molar-refractivity contribution in [2.75, 3.05) is 0 Å². The Bertz CT molecular complexity index is 622. The third-order valence-electron chi connectivity index (χ3n) is 3.98. The molecule has 1 N–H and O–H groups in total. The van der Waals surface area contributed by atoms with E-state index in [1.54, 1.807) is 0 Å². The molecule has 0 saturated heterocycles. The normalized spacial score (nSPS) is 15.0. The number of imidazole rings is 1. The number of nitrogens with zero attached hydrogens (tertiary/aromatic N) is 3. The molecule has 2 aromatic rings. The van der Waals surface area contributed by atoms with E-state index in [9.17, 15) is 0 Å². The van der Waals surface area contributed by atoms with Crippen molar-refractivity contribution in [3.05, 3.63) is 41.7 Å². The molecular weight excluding hydrogens is 260 g/mol. The zero-order chi connectivity index (χ0) is 14.9. The van der Waals surface area contributed by atoms with Crippen molar-refractivity contribution in [3.63, 3.8) is 0 Å². The van der Waals surface area contributed by atoms with E-state index in [0.29, 0.717) is 0 Å². The number of pyridine rings is 1. The van der Waals surface area contributed by atoms with Gasteiger partial charge in [-0.15, -0.1) is 0 Å². The molecule has 0 aliphatic heterocycles. The Hall–Kier alpha value is -1.68. The minimum Gasteiger partial charge on any atom is -0.308 e. The van der Waals surface area contributed by atoms with Crippen LogP contribution in [-0.2, 0) is 19.4 Å². The van der Waals surface area contributed by atoms with E-state index in [-0.39, 0.29) is 5.54 Å². The van der Waals surface area contributed by atoms with Crippen LogP contribution < -0.4 is 5.32 Å². The van der Waals surface area contributed by atoms with E-state index in [4.69, 9.17) is 0 Å². The lowest BCUT2D eigenvalue weighted by atomic mass is 10.0. The summed E-state index contributed by atoms with van der Waals surface area (Å²) in [6.07, 6.45) is 10.6. The summed E-state index contributed by atoms with van der Waals surface area (Å²) in [5.74, 6) is 0. The molecule has 0 saturated carbocycles. The zero-order valence-corrected chi connectivity index (χ0v) is 13.2. The number of hydrogen-bond donors (Lipinski definition) is 1. The van der Waals surface area contributed by atoms with Gasteiger partial charge in [-0.2, -0.15) is 0 Å². The van der Waals surface area contributed by atoms with Crippen LogP contribution in [0.1, 0.15) is 50.6 Å². The lowest BCUT2D eigenvalue weighted by molar-refractivity contribution is 0.423. The van der Waals surface area contributed by atoms with Crippen molar-refractivity contribution < 1.29 is 0 Å². The summed E-state index contributed by atoms with van der Waals surface area (Å²) >= 11 is 0. The van der Waals surface area contributed by atoms with Gasteiger partial charge in [0.15, 0.2) is 0 Å². The Morgan fingerprint density at radius 2 is 2.05 bits per heavy atom. The van der Waals surface area contributed by atoms with Crippen molar-refractivity contribution in [2.45, 2.75) is 58.5 Å². The minimum atomic E-state index is 0.0987. The lowest BCUT2D eigenvalue weighted by Gasteiger charge is -2.22. The van der Waals surface area contributed by atoms with Gasteiger partial charge in [-0.1, -0.05) is 0 Å². The maximum absolute atomic E-state index is 4.61. The highest BCUT2D eigenvalue weighted by Crippen LogP contribution is 2.24. The van der Waals surface area contributed by atoms with Crippen LogP contribution in [0.25, 0.3) is 5.69 Å². The SMILES string of the molecule is CC(C)(C)NCc1cnccc1-n1cnc2c1CCCC2. The van der Waals surface area contributed by atoms with Crippen LogP contribution in [0.5, 0.6) is 0 Å². The second-order valence-electron chi connectivity index (χ2n) is 6.82. The van der Waals surface area contributed by atoms with E-state index < -0.39 is 0 Å². The van der Waals surface area contributed by atoms with E-state index in [1.807, 2.05) is 18.7 Å². The summed E-state index contributed by atoms with van der Waals surface area (Å²) in [5, 5.41) is 3.55. The van der Waals surface area contributed by atoms with Crippen molar-refractivity contribution in [1.29, 1.82) is 0 Å². The monoisotopic (exact) mass is 284 g/mol. The number of aromatic nitrogens is 3. The van der Waals surface area contributed by atoms with Crippen molar-refractivity contribution >= 4 is 0 Å². The quantitative estimate of drug-likeness (QED) is 0.942. The molecule has 0 unspecified atom stereocenters. The van der Waals surface area contributed by atoms with Crippen molar-refractivity contribution in [1.82, 2.24) is 19.9 Å².